The monoisotopic (exact) mass is 1080 g/mol. The molecule has 11 atom stereocenters. The second kappa shape index (κ2) is 47.1. The summed E-state index contributed by atoms with van der Waals surface area (Å²) in [5.41, 5.74) is 0. The zero-order valence-corrected chi connectivity index (χ0v) is 47.0. The van der Waals surface area contributed by atoms with Crippen LogP contribution in [0.4, 0.5) is 0 Å². The fraction of sp³-hybridized carbons (Fsp3) is 0.803. The number of hydrogen-bond donors (Lipinski definition) is 7. The number of esters is 2. The van der Waals surface area contributed by atoms with Crippen molar-refractivity contribution in [3.8, 4) is 0 Å². The zero-order chi connectivity index (χ0) is 55.3. The van der Waals surface area contributed by atoms with Crippen LogP contribution in [0.5, 0.6) is 0 Å². The number of ether oxygens (including phenoxy) is 6. The van der Waals surface area contributed by atoms with Crippen LogP contribution in [0.1, 0.15) is 219 Å². The van der Waals surface area contributed by atoms with E-state index in [1.54, 1.807) is 0 Å². The summed E-state index contributed by atoms with van der Waals surface area (Å²) < 4.78 is 33.7. The molecule has 0 bridgehead atoms. The van der Waals surface area contributed by atoms with Crippen molar-refractivity contribution in [3.63, 3.8) is 0 Å². The summed E-state index contributed by atoms with van der Waals surface area (Å²) in [4.78, 5) is 25.9. The van der Waals surface area contributed by atoms with Crippen LogP contribution in [-0.2, 0) is 38.0 Å². The highest BCUT2D eigenvalue weighted by atomic mass is 16.7. The molecule has 15 heteroatoms. The van der Waals surface area contributed by atoms with Crippen molar-refractivity contribution in [1.82, 2.24) is 0 Å². The van der Waals surface area contributed by atoms with Crippen LogP contribution in [0.2, 0.25) is 0 Å². The van der Waals surface area contributed by atoms with Gasteiger partial charge in [-0.2, -0.15) is 0 Å². The third-order valence-electron chi connectivity index (χ3n) is 14.0. The first kappa shape index (κ1) is 69.3. The lowest BCUT2D eigenvalue weighted by Gasteiger charge is -2.42. The van der Waals surface area contributed by atoms with Gasteiger partial charge in [0.15, 0.2) is 18.7 Å². The highest BCUT2D eigenvalue weighted by Gasteiger charge is 2.47. The van der Waals surface area contributed by atoms with Crippen LogP contribution in [0.25, 0.3) is 0 Å². The Bertz CT molecular complexity index is 1550. The van der Waals surface area contributed by atoms with Gasteiger partial charge < -0.3 is 64.2 Å². The Morgan fingerprint density at radius 1 is 0.421 bits per heavy atom. The molecule has 2 aliphatic rings. The van der Waals surface area contributed by atoms with Crippen molar-refractivity contribution in [2.24, 2.45) is 0 Å². The number of allylic oxidation sites excluding steroid dienone is 10. The number of unbranched alkanes of at least 4 members (excludes halogenated alkanes) is 23. The summed E-state index contributed by atoms with van der Waals surface area (Å²) in [6.07, 6.45) is 39.4. The molecular formula is C61H106O15. The molecule has 0 aliphatic carbocycles. The van der Waals surface area contributed by atoms with Crippen molar-refractivity contribution in [2.45, 2.75) is 287 Å². The molecule has 2 fully saturated rings. The van der Waals surface area contributed by atoms with Crippen molar-refractivity contribution in [2.75, 3.05) is 26.4 Å². The lowest BCUT2D eigenvalue weighted by molar-refractivity contribution is -0.332. The maximum atomic E-state index is 13.1. The van der Waals surface area contributed by atoms with Gasteiger partial charge in [0.05, 0.1) is 19.8 Å². The SMILES string of the molecule is CCCCC/C=C\C/C=C\C/C=C\CCCCCCCCC(=O)OC(COC(=O)CCCCCCCCCCC/C=C\C/C=C\CCCCCCC)COC1OC(COC2OC(CO)C(O)C(O)C2O)C(O)C(O)C1O. The molecule has 0 aromatic heterocycles. The van der Waals surface area contributed by atoms with Gasteiger partial charge in [-0.05, 0) is 83.5 Å². The van der Waals surface area contributed by atoms with E-state index in [-0.39, 0.29) is 19.4 Å². The van der Waals surface area contributed by atoms with Crippen LogP contribution in [0.15, 0.2) is 60.8 Å². The first-order valence-corrected chi connectivity index (χ1v) is 29.9. The van der Waals surface area contributed by atoms with Crippen LogP contribution in [0, 0.1) is 0 Å². The normalized spacial score (nSPS) is 24.8. The lowest BCUT2D eigenvalue weighted by atomic mass is 9.98. The Morgan fingerprint density at radius 2 is 0.789 bits per heavy atom. The summed E-state index contributed by atoms with van der Waals surface area (Å²) in [7, 11) is 0. The van der Waals surface area contributed by atoms with Gasteiger partial charge >= 0.3 is 11.9 Å². The fourth-order valence-electron chi connectivity index (χ4n) is 9.08. The average Bonchev–Trinajstić information content (AvgIpc) is 3.41. The predicted octanol–water partition coefficient (Wildman–Crippen LogP) is 10.4. The quantitative estimate of drug-likeness (QED) is 0.0171. The van der Waals surface area contributed by atoms with E-state index < -0.39 is 99.3 Å². The number of aliphatic hydroxyl groups excluding tert-OH is 7. The molecule has 2 heterocycles. The molecule has 0 saturated carbocycles. The van der Waals surface area contributed by atoms with Gasteiger partial charge in [-0.3, -0.25) is 9.59 Å². The molecule has 2 saturated heterocycles. The Labute approximate surface area is 458 Å². The summed E-state index contributed by atoms with van der Waals surface area (Å²) in [6.45, 7) is 2.56. The van der Waals surface area contributed by atoms with Gasteiger partial charge in [-0.1, -0.05) is 184 Å². The van der Waals surface area contributed by atoms with Gasteiger partial charge in [-0.15, -0.1) is 0 Å². The summed E-state index contributed by atoms with van der Waals surface area (Å²) in [5, 5.41) is 72.3. The molecule has 0 amide bonds. The van der Waals surface area contributed by atoms with Gasteiger partial charge in [0.1, 0.15) is 55.4 Å². The van der Waals surface area contributed by atoms with Crippen molar-refractivity contribution >= 4 is 11.9 Å². The van der Waals surface area contributed by atoms with Crippen LogP contribution >= 0.6 is 0 Å². The minimum atomic E-state index is -1.77. The molecule has 76 heavy (non-hydrogen) atoms. The van der Waals surface area contributed by atoms with E-state index in [1.165, 1.54) is 96.3 Å². The minimum Gasteiger partial charge on any atom is -0.462 e. The van der Waals surface area contributed by atoms with E-state index >= 15 is 0 Å². The van der Waals surface area contributed by atoms with Gasteiger partial charge in [0.25, 0.3) is 0 Å². The molecule has 15 nitrogen and oxygen atoms in total. The Balaban J connectivity index is 1.75. The van der Waals surface area contributed by atoms with Gasteiger partial charge in [0.2, 0.25) is 0 Å². The van der Waals surface area contributed by atoms with E-state index in [0.717, 1.165) is 83.5 Å². The van der Waals surface area contributed by atoms with E-state index in [0.29, 0.717) is 12.8 Å². The number of carbonyl (C=O) groups is 2. The van der Waals surface area contributed by atoms with E-state index in [2.05, 4.69) is 74.6 Å². The maximum Gasteiger partial charge on any atom is 0.306 e. The smallest absolute Gasteiger partial charge is 0.306 e. The molecule has 2 aliphatic heterocycles. The molecule has 11 unspecified atom stereocenters. The Morgan fingerprint density at radius 3 is 1.26 bits per heavy atom. The van der Waals surface area contributed by atoms with Crippen molar-refractivity contribution in [1.29, 1.82) is 0 Å². The zero-order valence-electron chi connectivity index (χ0n) is 47.0. The van der Waals surface area contributed by atoms with Crippen molar-refractivity contribution in [3.05, 3.63) is 60.8 Å². The molecule has 0 radical (unpaired) electrons. The predicted molar refractivity (Wildman–Crippen MR) is 298 cm³/mol. The van der Waals surface area contributed by atoms with E-state index in [4.69, 9.17) is 28.4 Å². The third kappa shape index (κ3) is 33.6. The second-order valence-corrected chi connectivity index (χ2v) is 20.8. The standard InChI is InChI=1S/C61H106O15/c1-3-5-7-9-11-13-15-17-19-21-23-24-26-27-29-31-33-35-37-39-41-43-52(63)71-46-49(74-53(64)44-42-40-38-36-34-32-30-28-25-22-20-18-16-14-12-10-8-6-4-2)47-72-60-59(70)57(68)55(66)51(76-60)48-73-61-58(69)56(67)54(65)50(45-62)75-61/h12,14-15,17-18,20-21,23,25,28,49-51,54-62,65-70H,3-11,13,16,19,22,24,26-27,29-48H2,1-2H3/b14-12-,17-15-,20-18-,23-21-,28-25-. The van der Waals surface area contributed by atoms with E-state index in [9.17, 15) is 45.3 Å². The van der Waals surface area contributed by atoms with Crippen molar-refractivity contribution < 1.29 is 73.8 Å². The molecule has 7 N–H and O–H groups in total. The van der Waals surface area contributed by atoms with Gasteiger partial charge in [0, 0.05) is 12.8 Å². The highest BCUT2D eigenvalue weighted by Crippen LogP contribution is 2.27. The maximum absolute atomic E-state index is 13.1. The van der Waals surface area contributed by atoms with Gasteiger partial charge in [-0.25, -0.2) is 0 Å². The molecule has 0 aromatic carbocycles. The van der Waals surface area contributed by atoms with Crippen LogP contribution < -0.4 is 0 Å². The molecule has 0 aromatic rings. The first-order valence-electron chi connectivity index (χ1n) is 29.9. The van der Waals surface area contributed by atoms with Crippen LogP contribution in [0.3, 0.4) is 0 Å². The lowest BCUT2D eigenvalue weighted by Crippen LogP contribution is -2.61. The molecule has 440 valence electrons. The summed E-state index contributed by atoms with van der Waals surface area (Å²) in [5.74, 6) is -0.942. The van der Waals surface area contributed by atoms with Crippen LogP contribution in [-0.4, -0.2) is 142 Å². The fourth-order valence-corrected chi connectivity index (χ4v) is 9.08. The Hall–Kier alpha value is -2.80. The highest BCUT2D eigenvalue weighted by molar-refractivity contribution is 5.70. The summed E-state index contributed by atoms with van der Waals surface area (Å²) >= 11 is 0. The number of hydrogen-bond acceptors (Lipinski definition) is 15. The molecular weight excluding hydrogens is 973 g/mol. The second-order valence-electron chi connectivity index (χ2n) is 20.8. The summed E-state index contributed by atoms with van der Waals surface area (Å²) in [6, 6.07) is 0. The minimum absolute atomic E-state index is 0.148. The molecule has 2 rings (SSSR count). The molecule has 0 spiro atoms. The largest absolute Gasteiger partial charge is 0.462 e. The third-order valence-corrected chi connectivity index (χ3v) is 14.0. The van der Waals surface area contributed by atoms with E-state index in [1.807, 2.05) is 0 Å². The average molecular weight is 1080 g/mol. The first-order chi connectivity index (χ1) is 37.0. The number of carbonyl (C=O) groups excluding carboxylic acids is 2. The topological polar surface area (TPSA) is 231 Å². The number of rotatable bonds is 47. The Kier molecular flexibility index (Phi) is 42.9. The number of aliphatic hydroxyl groups is 7.